The van der Waals surface area contributed by atoms with E-state index in [9.17, 15) is 24.3 Å². The van der Waals surface area contributed by atoms with Crippen LogP contribution in [0.2, 0.25) is 0 Å². The minimum atomic E-state index is -1.82. The summed E-state index contributed by atoms with van der Waals surface area (Å²) in [4.78, 5) is 52.6. The van der Waals surface area contributed by atoms with Crippen molar-refractivity contribution in [1.82, 2.24) is 0 Å². The second-order valence-electron chi connectivity index (χ2n) is 14.2. The van der Waals surface area contributed by atoms with Crippen molar-refractivity contribution in [3.05, 3.63) is 23.5 Å². The van der Waals surface area contributed by atoms with Crippen LogP contribution in [0, 0.1) is 40.4 Å². The number of fused-ring (bicyclic) bond motifs is 5. The molecule has 6 rings (SSSR count). The number of aliphatic hydroxyl groups is 1. The molecule has 8 heteroatoms. The molecule has 0 aromatic carbocycles. The molecule has 0 saturated heterocycles. The number of hydrogen-bond donors (Lipinski definition) is 1. The lowest BCUT2D eigenvalue weighted by atomic mass is 9.45. The van der Waals surface area contributed by atoms with Gasteiger partial charge in [-0.05, 0) is 88.2 Å². The molecular weight excluding hydrogens is 527 g/mol. The Morgan fingerprint density at radius 2 is 1.63 bits per heavy atom. The van der Waals surface area contributed by atoms with Crippen LogP contribution in [-0.2, 0) is 28.7 Å². The number of halogens is 1. The molecule has 5 fully saturated rings. The van der Waals surface area contributed by atoms with Crippen molar-refractivity contribution in [2.24, 2.45) is 40.4 Å². The van der Waals surface area contributed by atoms with Gasteiger partial charge in [0.15, 0.2) is 18.0 Å². The fourth-order valence-corrected chi connectivity index (χ4v) is 9.66. The van der Waals surface area contributed by atoms with Crippen molar-refractivity contribution in [3.8, 4) is 0 Å². The summed E-state index contributed by atoms with van der Waals surface area (Å²) in [6.45, 7) is 5.09. The third-order valence-electron chi connectivity index (χ3n) is 12.2. The zero-order valence-electron chi connectivity index (χ0n) is 24.5. The third kappa shape index (κ3) is 4.01. The van der Waals surface area contributed by atoms with Gasteiger partial charge < -0.3 is 14.6 Å². The van der Waals surface area contributed by atoms with Gasteiger partial charge in [-0.2, -0.15) is 0 Å². The molecule has 5 saturated carbocycles. The molecule has 6 aliphatic carbocycles. The van der Waals surface area contributed by atoms with Gasteiger partial charge in [0, 0.05) is 17.4 Å². The molecule has 0 aromatic heterocycles. The van der Waals surface area contributed by atoms with Crippen LogP contribution in [0.3, 0.4) is 0 Å². The van der Waals surface area contributed by atoms with Crippen LogP contribution >= 0.6 is 0 Å². The molecule has 6 aliphatic rings. The lowest BCUT2D eigenvalue weighted by Crippen LogP contribution is -2.66. The van der Waals surface area contributed by atoms with Crippen molar-refractivity contribution < 1.29 is 38.1 Å². The third-order valence-corrected chi connectivity index (χ3v) is 12.2. The number of ether oxygens (including phenoxy) is 2. The number of alkyl halides is 1. The second kappa shape index (κ2) is 9.77. The fourth-order valence-electron chi connectivity index (χ4n) is 9.66. The molecule has 7 atom stereocenters. The first-order valence-corrected chi connectivity index (χ1v) is 15.7. The standard InChI is InChI=1S/C33H43FO7/c1-19-15-25-24-12-11-22-16-23(35)17-26(36)31(22,3)32(24,34)14-13-30(25,2)33(19,41-29(39)21-9-10-21)27(37)18-40-28(38)20-7-5-4-6-8-20/h16-17,19-21,24-25,36H,4-15,18H2,1-3H3/t19?,24-,25-,30-,31+,32+,33-/m0/s1. The zero-order valence-corrected chi connectivity index (χ0v) is 24.5. The Balaban J connectivity index is 1.33. The highest BCUT2D eigenvalue weighted by Crippen LogP contribution is 2.72. The molecule has 0 radical (unpaired) electrons. The summed E-state index contributed by atoms with van der Waals surface area (Å²) < 4.78 is 29.5. The highest BCUT2D eigenvalue weighted by molar-refractivity contribution is 6.01. The Morgan fingerprint density at radius 1 is 0.951 bits per heavy atom. The first kappa shape index (κ1) is 28.6. The maximum atomic E-state index is 17.5. The van der Waals surface area contributed by atoms with Crippen molar-refractivity contribution in [3.63, 3.8) is 0 Å². The van der Waals surface area contributed by atoms with Gasteiger partial charge in [-0.25, -0.2) is 4.39 Å². The Bertz CT molecular complexity index is 1230. The van der Waals surface area contributed by atoms with Gasteiger partial charge >= 0.3 is 11.9 Å². The maximum absolute atomic E-state index is 17.5. The summed E-state index contributed by atoms with van der Waals surface area (Å²) in [5.74, 6) is -3.38. The zero-order chi connectivity index (χ0) is 29.4. The Morgan fingerprint density at radius 3 is 2.32 bits per heavy atom. The van der Waals surface area contributed by atoms with Crippen LogP contribution in [-0.4, -0.2) is 46.5 Å². The molecule has 0 spiro atoms. The van der Waals surface area contributed by atoms with Gasteiger partial charge in [-0.15, -0.1) is 0 Å². The largest absolute Gasteiger partial charge is 0.511 e. The lowest BCUT2D eigenvalue weighted by molar-refractivity contribution is -0.207. The average Bonchev–Trinajstić information content (AvgIpc) is 3.77. The molecule has 0 heterocycles. The van der Waals surface area contributed by atoms with Crippen LogP contribution in [0.4, 0.5) is 4.39 Å². The van der Waals surface area contributed by atoms with E-state index in [1.54, 1.807) is 6.92 Å². The van der Waals surface area contributed by atoms with E-state index in [2.05, 4.69) is 0 Å². The summed E-state index contributed by atoms with van der Waals surface area (Å²) in [6, 6.07) is 0. The van der Waals surface area contributed by atoms with Crippen LogP contribution in [0.25, 0.3) is 0 Å². The van der Waals surface area contributed by atoms with Gasteiger partial charge in [0.25, 0.3) is 0 Å². The smallest absolute Gasteiger partial charge is 0.309 e. The van der Waals surface area contributed by atoms with Crippen molar-refractivity contribution in [2.45, 2.75) is 109 Å². The maximum Gasteiger partial charge on any atom is 0.309 e. The van der Waals surface area contributed by atoms with E-state index >= 15 is 4.39 Å². The van der Waals surface area contributed by atoms with Crippen LogP contribution in [0.15, 0.2) is 23.5 Å². The van der Waals surface area contributed by atoms with E-state index in [0.717, 1.165) is 51.0 Å². The highest BCUT2D eigenvalue weighted by Gasteiger charge is 2.76. The van der Waals surface area contributed by atoms with E-state index in [1.165, 1.54) is 6.08 Å². The number of aliphatic hydroxyl groups excluding tert-OH is 1. The minimum Gasteiger partial charge on any atom is -0.511 e. The summed E-state index contributed by atoms with van der Waals surface area (Å²) in [7, 11) is 0. The number of esters is 2. The average molecular weight is 571 g/mol. The van der Waals surface area contributed by atoms with E-state index in [4.69, 9.17) is 9.47 Å². The van der Waals surface area contributed by atoms with Crippen LogP contribution in [0.5, 0.6) is 0 Å². The van der Waals surface area contributed by atoms with Crippen molar-refractivity contribution >= 4 is 23.5 Å². The van der Waals surface area contributed by atoms with Crippen LogP contribution in [0.1, 0.15) is 97.8 Å². The summed E-state index contributed by atoms with van der Waals surface area (Å²) in [6.07, 6.45) is 10.3. The quantitative estimate of drug-likeness (QED) is 0.396. The topological polar surface area (TPSA) is 107 Å². The Labute approximate surface area is 241 Å². The number of rotatable bonds is 6. The van der Waals surface area contributed by atoms with Crippen LogP contribution < -0.4 is 0 Å². The number of carbonyl (C=O) groups excluding carboxylic acids is 4. The molecule has 7 nitrogen and oxygen atoms in total. The van der Waals surface area contributed by atoms with E-state index in [0.29, 0.717) is 24.8 Å². The highest BCUT2D eigenvalue weighted by atomic mass is 19.1. The van der Waals surface area contributed by atoms with E-state index in [1.807, 2.05) is 13.8 Å². The number of Topliss-reactive ketones (excluding diaryl/α,β-unsaturated/α-hetero) is 1. The normalized spacial score (nSPS) is 42.2. The van der Waals surface area contributed by atoms with Gasteiger partial charge in [0.1, 0.15) is 11.4 Å². The van der Waals surface area contributed by atoms with Gasteiger partial charge in [0.05, 0.1) is 17.3 Å². The Hall–Kier alpha value is -2.51. The molecule has 1 unspecified atom stereocenters. The first-order chi connectivity index (χ1) is 19.4. The van der Waals surface area contributed by atoms with Gasteiger partial charge in [-0.1, -0.05) is 33.1 Å². The van der Waals surface area contributed by atoms with E-state index in [-0.39, 0.29) is 48.1 Å². The summed E-state index contributed by atoms with van der Waals surface area (Å²) >= 11 is 0. The number of allylic oxidation sites excluding steroid dienone is 3. The molecular formula is C33H43FO7. The lowest BCUT2D eigenvalue weighted by Gasteiger charge is -2.61. The minimum absolute atomic E-state index is 0.0508. The first-order valence-electron chi connectivity index (χ1n) is 15.7. The SMILES string of the molecule is CC1C[C@H]2[C@@H]3CCC4=CC(=O)C=C(O)[C@]4(C)[C@@]3(F)CC[C@]2(C)[C@@]1(OC(=O)C1CC1)C(=O)COC(=O)C1CCCCC1. The van der Waals surface area contributed by atoms with Gasteiger partial charge in [0.2, 0.25) is 5.78 Å². The molecule has 1 N–H and O–H groups in total. The molecule has 41 heavy (non-hydrogen) atoms. The van der Waals surface area contributed by atoms with Crippen molar-refractivity contribution in [2.75, 3.05) is 6.61 Å². The van der Waals surface area contributed by atoms with Crippen molar-refractivity contribution in [1.29, 1.82) is 0 Å². The summed E-state index contributed by atoms with van der Waals surface area (Å²) in [5.41, 5.74) is -4.91. The molecule has 0 bridgehead atoms. The number of ketones is 2. The molecule has 0 amide bonds. The van der Waals surface area contributed by atoms with E-state index < -0.39 is 52.3 Å². The summed E-state index contributed by atoms with van der Waals surface area (Å²) in [5, 5.41) is 11.0. The second-order valence-corrected chi connectivity index (χ2v) is 14.2. The molecule has 0 aromatic rings. The predicted octanol–water partition coefficient (Wildman–Crippen LogP) is 5.90. The monoisotopic (exact) mass is 570 g/mol. The van der Waals surface area contributed by atoms with Gasteiger partial charge in [-0.3, -0.25) is 19.2 Å². The molecule has 0 aliphatic heterocycles. The number of hydrogen-bond acceptors (Lipinski definition) is 7. The number of carbonyl (C=O) groups is 4. The molecule has 224 valence electrons. The predicted molar refractivity (Wildman–Crippen MR) is 147 cm³/mol. The fraction of sp³-hybridized carbons (Fsp3) is 0.758. The Kier molecular flexibility index (Phi) is 6.81.